The summed E-state index contributed by atoms with van der Waals surface area (Å²) in [5.74, 6) is -1.92. The summed E-state index contributed by atoms with van der Waals surface area (Å²) in [4.78, 5) is 19.4. The number of rotatable bonds is 3. The molecule has 0 radical (unpaired) electrons. The van der Waals surface area contributed by atoms with Gasteiger partial charge in [-0.3, -0.25) is 4.79 Å². The summed E-state index contributed by atoms with van der Waals surface area (Å²) >= 11 is 0. The minimum atomic E-state index is -1.49. The first-order valence-electron chi connectivity index (χ1n) is 1.88. The van der Waals surface area contributed by atoms with Gasteiger partial charge < -0.3 is 9.90 Å². The predicted octanol–water partition coefficient (Wildman–Crippen LogP) is -1.30. The predicted molar refractivity (Wildman–Crippen MR) is 24.5 cm³/mol. The zero-order valence-electron chi connectivity index (χ0n) is 4.09. The molecule has 0 aliphatic heterocycles. The fourth-order valence-electron chi connectivity index (χ4n) is 0.180. The average molecular weight is 112 g/mol. The summed E-state index contributed by atoms with van der Waals surface area (Å²) < 4.78 is 0. The zero-order chi connectivity index (χ0) is 6.57. The molecule has 0 unspecified atom stereocenters. The van der Waals surface area contributed by atoms with Gasteiger partial charge in [0.15, 0.2) is 11.9 Å². The Balaban J connectivity index is 3.88. The molecular formula is C5H4O3. The highest BCUT2D eigenvalue weighted by molar-refractivity contribution is 6.03. The van der Waals surface area contributed by atoms with Gasteiger partial charge in [0.05, 0.1) is 0 Å². The Labute approximate surface area is 46.6 Å². The van der Waals surface area contributed by atoms with Gasteiger partial charge in [-0.05, 0) is 0 Å². The Morgan fingerprint density at radius 1 is 1.75 bits per heavy atom. The summed E-state index contributed by atoms with van der Waals surface area (Å²) in [7, 11) is 0. The van der Waals surface area contributed by atoms with Crippen LogP contribution in [0.15, 0.2) is 12.7 Å². The van der Waals surface area contributed by atoms with E-state index in [1.165, 1.54) is 0 Å². The number of hydrogen-bond acceptors (Lipinski definition) is 3. The standard InChI is InChI=1S/C5H4O3/c1-2-4(3-6)5(7)8/h2-3H,1H2. The topological polar surface area (TPSA) is 57.2 Å². The lowest BCUT2D eigenvalue weighted by Crippen LogP contribution is -2.29. The van der Waals surface area contributed by atoms with Gasteiger partial charge in [-0.2, -0.15) is 0 Å². The van der Waals surface area contributed by atoms with Crippen molar-refractivity contribution in [2.24, 2.45) is 0 Å². The molecule has 0 aromatic rings. The first kappa shape index (κ1) is 6.75. The molecule has 0 aromatic carbocycles. The number of aliphatic carboxylic acids is 1. The van der Waals surface area contributed by atoms with Crippen LogP contribution in [-0.4, -0.2) is 12.3 Å². The van der Waals surface area contributed by atoms with Gasteiger partial charge in [-0.25, -0.2) is 0 Å². The van der Waals surface area contributed by atoms with Crippen LogP contribution in [0.5, 0.6) is 0 Å². The first-order valence-corrected chi connectivity index (χ1v) is 1.88. The molecule has 0 saturated carbocycles. The molecule has 0 spiro atoms. The fourth-order valence-corrected chi connectivity index (χ4v) is 0.180. The Morgan fingerprint density at radius 3 is 2.25 bits per heavy atom. The smallest absolute Gasteiger partial charge is 0.233 e. The van der Waals surface area contributed by atoms with Crippen molar-refractivity contribution in [1.29, 1.82) is 0 Å². The third kappa shape index (κ3) is 1.47. The monoisotopic (exact) mass is 112 g/mol. The second kappa shape index (κ2) is 2.85. The number of carbonyl (C=O) groups excluding carboxylic acids is 2. The summed E-state index contributed by atoms with van der Waals surface area (Å²) in [5, 5.41) is 9.71. The average Bonchev–Trinajstić information content (AvgIpc) is 1.69. The maximum absolute atomic E-state index is 9.71. The molecule has 0 rings (SSSR count). The van der Waals surface area contributed by atoms with E-state index >= 15 is 0 Å². The van der Waals surface area contributed by atoms with E-state index in [1.54, 1.807) is 0 Å². The van der Waals surface area contributed by atoms with E-state index in [4.69, 9.17) is 0 Å². The van der Waals surface area contributed by atoms with E-state index < -0.39 is 11.9 Å². The normalized spacial score (nSPS) is 7.50. The lowest BCUT2D eigenvalue weighted by molar-refractivity contribution is -0.300. The van der Waals surface area contributed by atoms with Crippen molar-refractivity contribution >= 4 is 12.3 Å². The molecule has 0 N–H and O–H groups in total. The summed E-state index contributed by atoms with van der Waals surface area (Å²) in [6, 6.07) is 0. The molecule has 0 aliphatic carbocycles. The second-order valence-electron chi connectivity index (χ2n) is 1.06. The van der Waals surface area contributed by atoms with Gasteiger partial charge in [0, 0.05) is 6.58 Å². The zero-order valence-corrected chi connectivity index (χ0v) is 4.09. The maximum atomic E-state index is 9.71. The SMILES string of the molecule is C=C[C+](C=O)C(=O)[O-]. The van der Waals surface area contributed by atoms with Crippen molar-refractivity contribution in [2.75, 3.05) is 0 Å². The number of hydrogen-bond donors (Lipinski definition) is 0. The van der Waals surface area contributed by atoms with Crippen LogP contribution < -0.4 is 5.11 Å². The van der Waals surface area contributed by atoms with Crippen molar-refractivity contribution in [3.63, 3.8) is 0 Å². The number of carboxylic acid groups (broad SMARTS) is 1. The lowest BCUT2D eigenvalue weighted by Gasteiger charge is -1.92. The highest BCUT2D eigenvalue weighted by atomic mass is 16.4. The molecule has 3 nitrogen and oxygen atoms in total. The molecule has 3 heteroatoms. The maximum Gasteiger partial charge on any atom is 0.233 e. The van der Waals surface area contributed by atoms with Gasteiger partial charge in [-0.1, -0.05) is 0 Å². The van der Waals surface area contributed by atoms with Crippen LogP contribution in [0.2, 0.25) is 0 Å². The fraction of sp³-hybridized carbons (Fsp3) is 0. The van der Waals surface area contributed by atoms with E-state index in [0.29, 0.717) is 0 Å². The Hall–Kier alpha value is -1.25. The molecule has 0 amide bonds. The van der Waals surface area contributed by atoms with E-state index in [-0.39, 0.29) is 6.29 Å². The van der Waals surface area contributed by atoms with Crippen molar-refractivity contribution in [1.82, 2.24) is 0 Å². The minimum Gasteiger partial charge on any atom is -0.526 e. The van der Waals surface area contributed by atoms with Gasteiger partial charge in [0.25, 0.3) is 0 Å². The summed E-state index contributed by atoms with van der Waals surface area (Å²) in [5.41, 5.74) is 0. The molecule has 0 saturated heterocycles. The highest BCUT2D eigenvalue weighted by Crippen LogP contribution is 1.90. The van der Waals surface area contributed by atoms with E-state index in [0.717, 1.165) is 6.08 Å². The lowest BCUT2D eigenvalue weighted by atomic mass is 10.2. The Kier molecular flexibility index (Phi) is 2.40. The quantitative estimate of drug-likeness (QED) is 0.259. The summed E-state index contributed by atoms with van der Waals surface area (Å²) in [6.45, 7) is 3.06. The van der Waals surface area contributed by atoms with Crippen LogP contribution in [0.4, 0.5) is 0 Å². The van der Waals surface area contributed by atoms with E-state index in [1.807, 2.05) is 0 Å². The number of aldehydes is 1. The highest BCUT2D eigenvalue weighted by Gasteiger charge is 2.09. The van der Waals surface area contributed by atoms with Crippen LogP contribution >= 0.6 is 0 Å². The Bertz CT molecular complexity index is 109. The molecule has 0 heterocycles. The number of carbonyl (C=O) groups is 2. The molecule has 0 fully saturated rings. The van der Waals surface area contributed by atoms with E-state index in [9.17, 15) is 14.7 Å². The third-order valence-electron chi connectivity index (χ3n) is 0.583. The molecule has 0 atom stereocenters. The molecule has 0 aromatic heterocycles. The molecule has 0 aliphatic rings. The second-order valence-corrected chi connectivity index (χ2v) is 1.06. The van der Waals surface area contributed by atoms with Crippen LogP contribution in [0.1, 0.15) is 0 Å². The van der Waals surface area contributed by atoms with Crippen LogP contribution in [-0.2, 0) is 9.59 Å². The first-order chi connectivity index (χ1) is 3.72. The van der Waals surface area contributed by atoms with Crippen molar-refractivity contribution in [3.8, 4) is 0 Å². The van der Waals surface area contributed by atoms with Crippen LogP contribution in [0.3, 0.4) is 0 Å². The third-order valence-corrected chi connectivity index (χ3v) is 0.583. The van der Waals surface area contributed by atoms with Crippen LogP contribution in [0.25, 0.3) is 0 Å². The van der Waals surface area contributed by atoms with Crippen molar-refractivity contribution < 1.29 is 14.7 Å². The molecule has 8 heavy (non-hydrogen) atoms. The molecule has 42 valence electrons. The van der Waals surface area contributed by atoms with Crippen molar-refractivity contribution in [2.45, 2.75) is 0 Å². The largest absolute Gasteiger partial charge is 0.526 e. The van der Waals surface area contributed by atoms with Gasteiger partial charge in [0.1, 0.15) is 6.08 Å². The minimum absolute atomic E-state index is 0.183. The molecule has 0 bridgehead atoms. The van der Waals surface area contributed by atoms with Crippen molar-refractivity contribution in [3.05, 3.63) is 18.6 Å². The Morgan fingerprint density at radius 2 is 2.25 bits per heavy atom. The molecular weight excluding hydrogens is 108 g/mol. The van der Waals surface area contributed by atoms with Gasteiger partial charge in [-0.15, -0.1) is 0 Å². The van der Waals surface area contributed by atoms with E-state index in [2.05, 4.69) is 6.58 Å². The summed E-state index contributed by atoms with van der Waals surface area (Å²) in [6.07, 6.45) is 1.12. The number of carboxylic acids is 1. The van der Waals surface area contributed by atoms with Crippen LogP contribution in [0, 0.1) is 5.92 Å². The van der Waals surface area contributed by atoms with Gasteiger partial charge >= 0.3 is 0 Å². The van der Waals surface area contributed by atoms with Gasteiger partial charge in [0.2, 0.25) is 6.29 Å².